The Morgan fingerprint density at radius 1 is 1.60 bits per heavy atom. The highest BCUT2D eigenvalue weighted by atomic mass is 19.3. The van der Waals surface area contributed by atoms with Crippen molar-refractivity contribution in [1.82, 2.24) is 5.32 Å². The highest BCUT2D eigenvalue weighted by Gasteiger charge is 2.39. The summed E-state index contributed by atoms with van der Waals surface area (Å²) in [6, 6.07) is -0.582. The molecule has 0 amide bonds. The van der Waals surface area contributed by atoms with Crippen LogP contribution in [-0.4, -0.2) is 18.5 Å². The second-order valence-electron chi connectivity index (χ2n) is 2.78. The predicted molar refractivity (Wildman–Crippen MR) is 36.3 cm³/mol. The van der Waals surface area contributed by atoms with Gasteiger partial charge in [-0.05, 0) is 19.4 Å². The Labute approximate surface area is 59.8 Å². The van der Waals surface area contributed by atoms with E-state index in [1.807, 2.05) is 0 Å². The molecule has 0 bridgehead atoms. The molecule has 1 aliphatic heterocycles. The summed E-state index contributed by atoms with van der Waals surface area (Å²) < 4.78 is 25.6. The van der Waals surface area contributed by atoms with Crippen molar-refractivity contribution in [2.75, 3.05) is 6.54 Å². The van der Waals surface area contributed by atoms with Gasteiger partial charge in [0.25, 0.3) is 5.92 Å². The maximum absolute atomic E-state index is 12.8. The molecule has 10 heavy (non-hydrogen) atoms. The lowest BCUT2D eigenvalue weighted by molar-refractivity contribution is -0.0613. The van der Waals surface area contributed by atoms with Crippen molar-refractivity contribution in [3.63, 3.8) is 0 Å². The van der Waals surface area contributed by atoms with Gasteiger partial charge in [-0.3, -0.25) is 0 Å². The van der Waals surface area contributed by atoms with Crippen LogP contribution >= 0.6 is 0 Å². The van der Waals surface area contributed by atoms with Crippen molar-refractivity contribution in [3.05, 3.63) is 0 Å². The molecule has 3 heteroatoms. The zero-order valence-electron chi connectivity index (χ0n) is 6.16. The van der Waals surface area contributed by atoms with E-state index in [-0.39, 0.29) is 6.42 Å². The highest BCUT2D eigenvalue weighted by molar-refractivity contribution is 4.86. The maximum Gasteiger partial charge on any atom is 0.263 e. The Hall–Kier alpha value is -0.180. The molecule has 60 valence electrons. The first-order valence-corrected chi connectivity index (χ1v) is 3.78. The summed E-state index contributed by atoms with van der Waals surface area (Å²) in [5.41, 5.74) is 0. The van der Waals surface area contributed by atoms with Crippen molar-refractivity contribution in [3.8, 4) is 0 Å². The minimum Gasteiger partial charge on any atom is -0.309 e. The van der Waals surface area contributed by atoms with Crippen molar-refractivity contribution in [1.29, 1.82) is 0 Å². The van der Waals surface area contributed by atoms with E-state index in [0.717, 1.165) is 6.54 Å². The lowest BCUT2D eigenvalue weighted by atomic mass is 9.98. The molecule has 0 aromatic rings. The van der Waals surface area contributed by atoms with Crippen LogP contribution in [0.5, 0.6) is 0 Å². The van der Waals surface area contributed by atoms with Gasteiger partial charge in [0, 0.05) is 6.42 Å². The van der Waals surface area contributed by atoms with Crippen LogP contribution in [-0.2, 0) is 0 Å². The van der Waals surface area contributed by atoms with E-state index in [9.17, 15) is 8.78 Å². The average molecular weight is 149 g/mol. The Kier molecular flexibility index (Phi) is 2.24. The fourth-order valence-electron chi connectivity index (χ4n) is 1.37. The minimum atomic E-state index is -2.47. The van der Waals surface area contributed by atoms with E-state index >= 15 is 0 Å². The molecule has 0 aliphatic carbocycles. The summed E-state index contributed by atoms with van der Waals surface area (Å²) in [5.74, 6) is -2.47. The third-order valence-corrected chi connectivity index (χ3v) is 2.00. The van der Waals surface area contributed by atoms with Gasteiger partial charge in [-0.25, -0.2) is 8.78 Å². The number of hydrogen-bond donors (Lipinski definition) is 1. The molecule has 0 aromatic heterocycles. The average Bonchev–Trinajstić information content (AvgIpc) is 1.87. The van der Waals surface area contributed by atoms with E-state index < -0.39 is 12.0 Å². The number of halogens is 2. The van der Waals surface area contributed by atoms with E-state index in [4.69, 9.17) is 0 Å². The van der Waals surface area contributed by atoms with E-state index in [1.165, 1.54) is 0 Å². The minimum absolute atomic E-state index is 0.0541. The Bertz CT molecular complexity index is 114. The maximum atomic E-state index is 12.8. The van der Waals surface area contributed by atoms with E-state index in [1.54, 1.807) is 6.92 Å². The molecule has 0 radical (unpaired) electrons. The number of nitrogens with one attached hydrogen (secondary N) is 1. The van der Waals surface area contributed by atoms with Crippen LogP contribution in [0.25, 0.3) is 0 Å². The van der Waals surface area contributed by atoms with Gasteiger partial charge in [-0.2, -0.15) is 0 Å². The molecule has 1 atom stereocenters. The standard InChI is InChI=1S/C7H13F2N/c1-2-6-7(8,9)4-3-5-10-6/h6,10H,2-5H2,1H3. The molecule has 1 heterocycles. The first-order valence-electron chi connectivity index (χ1n) is 3.78. The van der Waals surface area contributed by atoms with Crippen LogP contribution < -0.4 is 5.32 Å². The van der Waals surface area contributed by atoms with Gasteiger partial charge in [-0.1, -0.05) is 6.92 Å². The highest BCUT2D eigenvalue weighted by Crippen LogP contribution is 2.29. The molecule has 1 N–H and O–H groups in total. The van der Waals surface area contributed by atoms with Gasteiger partial charge in [0.05, 0.1) is 6.04 Å². The number of rotatable bonds is 1. The fraction of sp³-hybridized carbons (Fsp3) is 1.00. The number of alkyl halides is 2. The Morgan fingerprint density at radius 2 is 2.30 bits per heavy atom. The third kappa shape index (κ3) is 1.45. The summed E-state index contributed by atoms with van der Waals surface area (Å²) >= 11 is 0. The zero-order chi connectivity index (χ0) is 7.61. The van der Waals surface area contributed by atoms with Crippen LogP contribution in [0.15, 0.2) is 0 Å². The lowest BCUT2D eigenvalue weighted by Crippen LogP contribution is -2.48. The van der Waals surface area contributed by atoms with Crippen LogP contribution in [0.4, 0.5) is 8.78 Å². The normalized spacial score (nSPS) is 32.1. The predicted octanol–water partition coefficient (Wildman–Crippen LogP) is 1.78. The van der Waals surface area contributed by atoms with Gasteiger partial charge < -0.3 is 5.32 Å². The van der Waals surface area contributed by atoms with Gasteiger partial charge >= 0.3 is 0 Å². The van der Waals surface area contributed by atoms with E-state index in [2.05, 4.69) is 5.32 Å². The molecular formula is C7H13F2N. The zero-order valence-corrected chi connectivity index (χ0v) is 6.16. The molecule has 1 unspecified atom stereocenters. The molecule has 1 rings (SSSR count). The Morgan fingerprint density at radius 3 is 2.70 bits per heavy atom. The third-order valence-electron chi connectivity index (χ3n) is 2.00. The monoisotopic (exact) mass is 149 g/mol. The van der Waals surface area contributed by atoms with Crippen LogP contribution in [0.3, 0.4) is 0 Å². The molecule has 0 spiro atoms. The van der Waals surface area contributed by atoms with Gasteiger partial charge in [0.15, 0.2) is 0 Å². The van der Waals surface area contributed by atoms with Crippen molar-refractivity contribution >= 4 is 0 Å². The molecule has 1 saturated heterocycles. The van der Waals surface area contributed by atoms with Crippen molar-refractivity contribution in [2.24, 2.45) is 0 Å². The quantitative estimate of drug-likeness (QED) is 0.599. The summed E-state index contributed by atoms with van der Waals surface area (Å²) in [4.78, 5) is 0. The smallest absolute Gasteiger partial charge is 0.263 e. The molecular weight excluding hydrogens is 136 g/mol. The van der Waals surface area contributed by atoms with Gasteiger partial charge in [-0.15, -0.1) is 0 Å². The van der Waals surface area contributed by atoms with E-state index in [0.29, 0.717) is 12.8 Å². The van der Waals surface area contributed by atoms with Crippen molar-refractivity contribution < 1.29 is 8.78 Å². The molecule has 0 aromatic carbocycles. The summed E-state index contributed by atoms with van der Waals surface area (Å²) in [7, 11) is 0. The topological polar surface area (TPSA) is 12.0 Å². The molecule has 1 fully saturated rings. The number of hydrogen-bond acceptors (Lipinski definition) is 1. The lowest BCUT2D eigenvalue weighted by Gasteiger charge is -2.31. The molecule has 1 aliphatic rings. The molecule has 1 nitrogen and oxygen atoms in total. The van der Waals surface area contributed by atoms with Crippen molar-refractivity contribution in [2.45, 2.75) is 38.2 Å². The van der Waals surface area contributed by atoms with Crippen LogP contribution in [0.1, 0.15) is 26.2 Å². The first-order chi connectivity index (χ1) is 4.67. The first kappa shape index (κ1) is 7.92. The number of piperidine rings is 1. The second kappa shape index (κ2) is 2.82. The largest absolute Gasteiger partial charge is 0.309 e. The van der Waals surface area contributed by atoms with Gasteiger partial charge in [0.2, 0.25) is 0 Å². The van der Waals surface area contributed by atoms with Gasteiger partial charge in [0.1, 0.15) is 0 Å². The Balaban J connectivity index is 2.51. The summed E-state index contributed by atoms with van der Waals surface area (Å²) in [5, 5.41) is 2.81. The summed E-state index contributed by atoms with van der Waals surface area (Å²) in [6.45, 7) is 2.53. The summed E-state index contributed by atoms with van der Waals surface area (Å²) in [6.07, 6.45) is 1.18. The molecule has 0 saturated carbocycles. The fourth-order valence-corrected chi connectivity index (χ4v) is 1.37. The van der Waals surface area contributed by atoms with Crippen LogP contribution in [0.2, 0.25) is 0 Å². The second-order valence-corrected chi connectivity index (χ2v) is 2.78. The SMILES string of the molecule is CCC1NCCCC1(F)F. The van der Waals surface area contributed by atoms with Crippen LogP contribution in [0, 0.1) is 0 Å².